The molecule has 0 aliphatic heterocycles. The number of benzene rings is 2. The average Bonchev–Trinajstić information content (AvgIpc) is 2.58. The van der Waals surface area contributed by atoms with Crippen LogP contribution >= 0.6 is 0 Å². The van der Waals surface area contributed by atoms with E-state index in [1.165, 1.54) is 27.8 Å². The first kappa shape index (κ1) is 16.3. The van der Waals surface area contributed by atoms with Crippen molar-refractivity contribution >= 4 is 12.7 Å². The molecule has 0 atom stereocenters. The van der Waals surface area contributed by atoms with Crippen molar-refractivity contribution in [3.63, 3.8) is 0 Å². The Balaban J connectivity index is 1.91. The van der Waals surface area contributed by atoms with E-state index in [0.29, 0.717) is 0 Å². The number of aryl methyl sites for hydroxylation is 1. The summed E-state index contributed by atoms with van der Waals surface area (Å²) in [5, 5.41) is 2.18. The minimum atomic E-state index is 1.04. The maximum Gasteiger partial charge on any atom is -0.0178 e. The van der Waals surface area contributed by atoms with E-state index in [4.69, 9.17) is 0 Å². The van der Waals surface area contributed by atoms with Gasteiger partial charge in [0, 0.05) is 0 Å². The van der Waals surface area contributed by atoms with E-state index in [1.807, 2.05) is 0 Å². The summed E-state index contributed by atoms with van der Waals surface area (Å²) in [6.07, 6.45) is 8.75. The standard InChI is InChI=1S/C24H24/c1-17-5-9-21(10-6-17)19(3)15-23-13-14-24(16-20(23)4)22-11-7-18(2)8-12-22/h5,7-9,11-16H,3-4,6,10H2,1-2H3/b23-15-. The highest BCUT2D eigenvalue weighted by molar-refractivity contribution is 5.65. The molecular weight excluding hydrogens is 288 g/mol. The van der Waals surface area contributed by atoms with Crippen LogP contribution in [-0.4, -0.2) is 0 Å². The monoisotopic (exact) mass is 312 g/mol. The molecule has 0 heteroatoms. The quantitative estimate of drug-likeness (QED) is 0.742. The molecule has 1 aliphatic rings. The summed E-state index contributed by atoms with van der Waals surface area (Å²) in [7, 11) is 0. The number of hydrogen-bond acceptors (Lipinski definition) is 0. The maximum atomic E-state index is 4.25. The summed E-state index contributed by atoms with van der Waals surface area (Å²) in [6, 6.07) is 15.1. The number of hydrogen-bond donors (Lipinski definition) is 0. The predicted molar refractivity (Wildman–Crippen MR) is 106 cm³/mol. The number of allylic oxidation sites excluding steroid dienone is 5. The van der Waals surface area contributed by atoms with E-state index in [9.17, 15) is 0 Å². The highest BCUT2D eigenvalue weighted by Gasteiger charge is 2.05. The molecule has 1 aliphatic carbocycles. The molecule has 2 aromatic carbocycles. The maximum absolute atomic E-state index is 4.25. The van der Waals surface area contributed by atoms with Gasteiger partial charge in [0.25, 0.3) is 0 Å². The summed E-state index contributed by atoms with van der Waals surface area (Å²) in [4.78, 5) is 0. The zero-order valence-corrected chi connectivity index (χ0v) is 14.6. The fraction of sp³-hybridized carbons (Fsp3) is 0.167. The second-order valence-electron chi connectivity index (χ2n) is 6.65. The van der Waals surface area contributed by atoms with E-state index in [0.717, 1.165) is 28.9 Å². The van der Waals surface area contributed by atoms with Gasteiger partial charge in [-0.3, -0.25) is 0 Å². The summed E-state index contributed by atoms with van der Waals surface area (Å²) >= 11 is 0. The first-order valence-corrected chi connectivity index (χ1v) is 8.46. The van der Waals surface area contributed by atoms with Crippen LogP contribution in [0.4, 0.5) is 0 Å². The zero-order chi connectivity index (χ0) is 17.1. The van der Waals surface area contributed by atoms with Gasteiger partial charge in [-0.05, 0) is 71.5 Å². The van der Waals surface area contributed by atoms with E-state index >= 15 is 0 Å². The number of rotatable bonds is 3. The van der Waals surface area contributed by atoms with E-state index in [1.54, 1.807) is 0 Å². The third-order valence-electron chi connectivity index (χ3n) is 4.63. The van der Waals surface area contributed by atoms with Gasteiger partial charge in [0.05, 0.1) is 0 Å². The third kappa shape index (κ3) is 3.65. The Labute approximate surface area is 144 Å². The molecule has 24 heavy (non-hydrogen) atoms. The van der Waals surface area contributed by atoms with Gasteiger partial charge >= 0.3 is 0 Å². The van der Waals surface area contributed by atoms with Gasteiger partial charge in [-0.2, -0.15) is 0 Å². The molecule has 2 aromatic rings. The summed E-state index contributed by atoms with van der Waals surface area (Å²) in [5.41, 5.74) is 7.56. The highest BCUT2D eigenvalue weighted by atomic mass is 14.1. The second kappa shape index (κ2) is 6.88. The predicted octanol–water partition coefficient (Wildman–Crippen LogP) is 5.08. The van der Waals surface area contributed by atoms with Crippen molar-refractivity contribution in [1.82, 2.24) is 0 Å². The molecule has 0 nitrogen and oxygen atoms in total. The molecule has 3 rings (SSSR count). The van der Waals surface area contributed by atoms with Gasteiger partial charge in [-0.15, -0.1) is 0 Å². The van der Waals surface area contributed by atoms with Crippen molar-refractivity contribution in [3.05, 3.63) is 93.9 Å². The van der Waals surface area contributed by atoms with E-state index < -0.39 is 0 Å². The lowest BCUT2D eigenvalue weighted by atomic mass is 9.93. The largest absolute Gasteiger partial charge is 0.0915 e. The minimum absolute atomic E-state index is 1.04. The van der Waals surface area contributed by atoms with Gasteiger partial charge in [-0.25, -0.2) is 0 Å². The van der Waals surface area contributed by atoms with Crippen LogP contribution in [-0.2, 0) is 0 Å². The van der Waals surface area contributed by atoms with Crippen molar-refractivity contribution in [3.8, 4) is 11.1 Å². The van der Waals surface area contributed by atoms with E-state index in [2.05, 4.69) is 87.7 Å². The Morgan fingerprint density at radius 3 is 2.25 bits per heavy atom. The lowest BCUT2D eigenvalue weighted by Gasteiger charge is -2.12. The van der Waals surface area contributed by atoms with Gasteiger partial charge in [-0.1, -0.05) is 72.8 Å². The van der Waals surface area contributed by atoms with Crippen LogP contribution in [0.5, 0.6) is 0 Å². The molecule has 0 unspecified atom stereocenters. The molecule has 120 valence electrons. The van der Waals surface area contributed by atoms with E-state index in [-0.39, 0.29) is 0 Å². The summed E-state index contributed by atoms with van der Waals surface area (Å²) in [5.74, 6) is 0. The van der Waals surface area contributed by atoms with Gasteiger partial charge in [0.15, 0.2) is 0 Å². The van der Waals surface area contributed by atoms with Gasteiger partial charge < -0.3 is 0 Å². The SMILES string of the molecule is C=C(/C=c1/ccc(-c2ccc(C)cc2)cc1=C)C1=CC=C(C)CC1. The Morgan fingerprint density at radius 1 is 0.917 bits per heavy atom. The molecule has 0 saturated heterocycles. The molecule has 0 aromatic heterocycles. The lowest BCUT2D eigenvalue weighted by Crippen LogP contribution is -2.23. The Kier molecular flexibility index (Phi) is 4.66. The molecule has 0 bridgehead atoms. The highest BCUT2D eigenvalue weighted by Crippen LogP contribution is 2.23. The van der Waals surface area contributed by atoms with Crippen LogP contribution in [0.15, 0.2) is 77.9 Å². The molecule has 0 radical (unpaired) electrons. The fourth-order valence-electron chi connectivity index (χ4n) is 2.96. The zero-order valence-electron chi connectivity index (χ0n) is 14.6. The molecule has 0 spiro atoms. The normalized spacial score (nSPS) is 15.0. The van der Waals surface area contributed by atoms with Crippen LogP contribution < -0.4 is 10.4 Å². The van der Waals surface area contributed by atoms with Crippen LogP contribution in [0.25, 0.3) is 23.8 Å². The third-order valence-corrected chi connectivity index (χ3v) is 4.63. The van der Waals surface area contributed by atoms with Crippen LogP contribution in [0.2, 0.25) is 0 Å². The van der Waals surface area contributed by atoms with Crippen molar-refractivity contribution in [2.24, 2.45) is 0 Å². The molecule has 0 fully saturated rings. The molecular formula is C24H24. The van der Waals surface area contributed by atoms with Crippen molar-refractivity contribution in [2.45, 2.75) is 26.7 Å². The van der Waals surface area contributed by atoms with Gasteiger partial charge in [0.2, 0.25) is 0 Å². The Bertz CT molecular complexity index is 935. The van der Waals surface area contributed by atoms with Crippen molar-refractivity contribution < 1.29 is 0 Å². The first-order valence-electron chi connectivity index (χ1n) is 8.46. The molecule has 0 N–H and O–H groups in total. The average molecular weight is 312 g/mol. The van der Waals surface area contributed by atoms with Crippen LogP contribution in [0.1, 0.15) is 25.3 Å². The summed E-state index contributed by atoms with van der Waals surface area (Å²) < 4.78 is 0. The molecule has 0 amide bonds. The Hall–Kier alpha value is -2.60. The topological polar surface area (TPSA) is 0 Å². The summed E-state index contributed by atoms with van der Waals surface area (Å²) in [6.45, 7) is 12.8. The molecule has 0 heterocycles. The van der Waals surface area contributed by atoms with Crippen LogP contribution in [0.3, 0.4) is 0 Å². The molecule has 0 saturated carbocycles. The van der Waals surface area contributed by atoms with Crippen LogP contribution in [0, 0.1) is 6.92 Å². The first-order chi connectivity index (χ1) is 11.5. The van der Waals surface area contributed by atoms with Gasteiger partial charge in [0.1, 0.15) is 0 Å². The van der Waals surface area contributed by atoms with Crippen molar-refractivity contribution in [1.29, 1.82) is 0 Å². The second-order valence-corrected chi connectivity index (χ2v) is 6.65. The minimum Gasteiger partial charge on any atom is -0.0915 e. The Morgan fingerprint density at radius 2 is 1.62 bits per heavy atom. The smallest absolute Gasteiger partial charge is 0.0178 e. The van der Waals surface area contributed by atoms with Crippen molar-refractivity contribution in [2.75, 3.05) is 0 Å². The fourth-order valence-corrected chi connectivity index (χ4v) is 2.96. The lowest BCUT2D eigenvalue weighted by molar-refractivity contribution is 0.922.